The lowest BCUT2D eigenvalue weighted by molar-refractivity contribution is 0.254. The number of hydrogen-bond donors (Lipinski definition) is 2. The van der Waals surface area contributed by atoms with E-state index in [2.05, 4.69) is 50.4 Å². The van der Waals surface area contributed by atoms with Gasteiger partial charge in [0.25, 0.3) is 0 Å². The van der Waals surface area contributed by atoms with Gasteiger partial charge in [0, 0.05) is 19.1 Å². The van der Waals surface area contributed by atoms with Gasteiger partial charge in [-0.25, -0.2) is 4.99 Å². The highest BCUT2D eigenvalue weighted by atomic mass is 16.5. The lowest BCUT2D eigenvalue weighted by Crippen LogP contribution is -2.45. The number of aliphatic imine (C=N–C) groups is 1. The van der Waals surface area contributed by atoms with Gasteiger partial charge in [-0.1, -0.05) is 13.8 Å². The smallest absolute Gasteiger partial charge is 0.203 e. The molecule has 1 rings (SSSR count). The first kappa shape index (κ1) is 23.9. The van der Waals surface area contributed by atoms with Crippen molar-refractivity contribution in [3.63, 3.8) is 0 Å². The molecule has 0 aromatic heterocycles. The summed E-state index contributed by atoms with van der Waals surface area (Å²) in [5.41, 5.74) is 0.984. The first-order valence-corrected chi connectivity index (χ1v) is 9.83. The maximum atomic E-state index is 5.43. The second-order valence-corrected chi connectivity index (χ2v) is 7.36. The maximum absolute atomic E-state index is 5.43. The number of ether oxygens (including phenoxy) is 3. The van der Waals surface area contributed by atoms with Crippen LogP contribution in [0.15, 0.2) is 17.1 Å². The summed E-state index contributed by atoms with van der Waals surface area (Å²) < 4.78 is 16.2. The van der Waals surface area contributed by atoms with Gasteiger partial charge in [0.1, 0.15) is 0 Å². The van der Waals surface area contributed by atoms with Crippen LogP contribution in [-0.2, 0) is 6.54 Å². The van der Waals surface area contributed by atoms with Gasteiger partial charge in [0.05, 0.1) is 27.9 Å². The largest absolute Gasteiger partial charge is 0.493 e. The van der Waals surface area contributed by atoms with E-state index >= 15 is 0 Å². The molecule has 0 saturated carbocycles. The molecule has 0 saturated heterocycles. The van der Waals surface area contributed by atoms with Crippen molar-refractivity contribution in [3.05, 3.63) is 17.7 Å². The quantitative estimate of drug-likeness (QED) is 0.444. The van der Waals surface area contributed by atoms with Crippen LogP contribution in [0.25, 0.3) is 0 Å². The minimum atomic E-state index is 0.449. The fraction of sp³-hybridized carbons (Fsp3) is 0.667. The van der Waals surface area contributed by atoms with Gasteiger partial charge in [0.15, 0.2) is 17.5 Å². The van der Waals surface area contributed by atoms with Crippen molar-refractivity contribution >= 4 is 5.96 Å². The fourth-order valence-electron chi connectivity index (χ4n) is 2.97. The summed E-state index contributed by atoms with van der Waals surface area (Å²) in [6.45, 7) is 8.71. The third-order valence-corrected chi connectivity index (χ3v) is 4.47. The molecule has 1 aromatic rings. The third kappa shape index (κ3) is 7.46. The molecule has 0 heterocycles. The zero-order valence-electron chi connectivity index (χ0n) is 18.8. The second kappa shape index (κ2) is 12.3. The first-order chi connectivity index (χ1) is 13.4. The number of nitrogens with zero attached hydrogens (tertiary/aromatic N) is 2. The number of nitrogens with one attached hydrogen (secondary N) is 2. The van der Waals surface area contributed by atoms with Crippen LogP contribution in [0.3, 0.4) is 0 Å². The molecule has 7 heteroatoms. The molecular weight excluding hydrogens is 356 g/mol. The number of benzene rings is 1. The lowest BCUT2D eigenvalue weighted by atomic mass is 10.0. The molecular formula is C21H38N4O3. The van der Waals surface area contributed by atoms with Crippen LogP contribution in [0.5, 0.6) is 17.2 Å². The van der Waals surface area contributed by atoms with Gasteiger partial charge < -0.3 is 29.7 Å². The Labute approximate surface area is 170 Å². The molecule has 0 amide bonds. The minimum Gasteiger partial charge on any atom is -0.493 e. The standard InChI is InChI=1S/C21H38N4O3/c1-9-22-21(24-14-17(25(4)5)10-15(2)3)23-13-16-11-18(26-6)20(28-8)19(12-16)27-7/h11-12,15,17H,9-10,13-14H2,1-8H3,(H2,22,23,24). The predicted molar refractivity (Wildman–Crippen MR) is 116 cm³/mol. The van der Waals surface area contributed by atoms with Crippen molar-refractivity contribution < 1.29 is 14.2 Å². The molecule has 2 N–H and O–H groups in total. The molecule has 1 atom stereocenters. The molecule has 1 unspecified atom stereocenters. The summed E-state index contributed by atoms with van der Waals surface area (Å²) in [4.78, 5) is 6.98. The Bertz CT molecular complexity index is 593. The summed E-state index contributed by atoms with van der Waals surface area (Å²) in [5.74, 6) is 3.30. The van der Waals surface area contributed by atoms with Crippen LogP contribution in [0.1, 0.15) is 32.8 Å². The van der Waals surface area contributed by atoms with Crippen LogP contribution in [0.2, 0.25) is 0 Å². The number of likely N-dealkylation sites (N-methyl/N-ethyl adjacent to an activating group) is 1. The Morgan fingerprint density at radius 3 is 2.07 bits per heavy atom. The van der Waals surface area contributed by atoms with E-state index in [4.69, 9.17) is 19.2 Å². The Morgan fingerprint density at radius 1 is 1.04 bits per heavy atom. The van der Waals surface area contributed by atoms with E-state index in [9.17, 15) is 0 Å². The molecule has 7 nitrogen and oxygen atoms in total. The van der Waals surface area contributed by atoms with Crippen molar-refractivity contribution in [2.75, 3.05) is 48.5 Å². The van der Waals surface area contributed by atoms with Crippen molar-refractivity contribution in [1.82, 2.24) is 15.5 Å². The van der Waals surface area contributed by atoms with E-state index < -0.39 is 0 Å². The van der Waals surface area contributed by atoms with E-state index in [1.807, 2.05) is 12.1 Å². The summed E-state index contributed by atoms with van der Waals surface area (Å²) in [5, 5.41) is 6.78. The molecule has 0 spiro atoms. The molecule has 0 aliphatic heterocycles. The first-order valence-electron chi connectivity index (χ1n) is 9.83. The molecule has 0 fully saturated rings. The molecule has 28 heavy (non-hydrogen) atoms. The monoisotopic (exact) mass is 394 g/mol. The third-order valence-electron chi connectivity index (χ3n) is 4.47. The average molecular weight is 395 g/mol. The van der Waals surface area contributed by atoms with Crippen molar-refractivity contribution in [3.8, 4) is 17.2 Å². The van der Waals surface area contributed by atoms with E-state index in [0.717, 1.165) is 31.0 Å². The molecule has 0 aliphatic rings. The van der Waals surface area contributed by atoms with Gasteiger partial charge >= 0.3 is 0 Å². The van der Waals surface area contributed by atoms with E-state index in [0.29, 0.717) is 35.8 Å². The van der Waals surface area contributed by atoms with E-state index in [-0.39, 0.29) is 0 Å². The minimum absolute atomic E-state index is 0.449. The average Bonchev–Trinajstić information content (AvgIpc) is 2.67. The summed E-state index contributed by atoms with van der Waals surface area (Å²) in [6.07, 6.45) is 1.13. The van der Waals surface area contributed by atoms with Gasteiger partial charge in [-0.2, -0.15) is 0 Å². The normalized spacial score (nSPS) is 12.9. The molecule has 0 bridgehead atoms. The Hall–Kier alpha value is -2.15. The Balaban J connectivity index is 2.92. The van der Waals surface area contributed by atoms with Crippen molar-refractivity contribution in [1.29, 1.82) is 0 Å². The van der Waals surface area contributed by atoms with Crippen LogP contribution >= 0.6 is 0 Å². The molecule has 160 valence electrons. The zero-order chi connectivity index (χ0) is 21.1. The Kier molecular flexibility index (Phi) is 10.5. The van der Waals surface area contributed by atoms with Gasteiger partial charge in [-0.15, -0.1) is 0 Å². The fourth-order valence-corrected chi connectivity index (χ4v) is 2.97. The van der Waals surface area contributed by atoms with Crippen molar-refractivity contribution in [2.45, 2.75) is 39.8 Å². The second-order valence-electron chi connectivity index (χ2n) is 7.36. The number of guanidine groups is 1. The van der Waals surface area contributed by atoms with Crippen LogP contribution in [0, 0.1) is 5.92 Å². The number of rotatable bonds is 11. The van der Waals surface area contributed by atoms with Crippen LogP contribution in [-0.4, -0.2) is 65.4 Å². The SMILES string of the molecule is CCNC(=NCc1cc(OC)c(OC)c(OC)c1)NCC(CC(C)C)N(C)C. The molecule has 0 aliphatic carbocycles. The number of hydrogen-bond acceptors (Lipinski definition) is 5. The lowest BCUT2D eigenvalue weighted by Gasteiger charge is -2.27. The Morgan fingerprint density at radius 2 is 1.64 bits per heavy atom. The molecule has 1 aromatic carbocycles. The highest BCUT2D eigenvalue weighted by Crippen LogP contribution is 2.38. The summed E-state index contributed by atoms with van der Waals surface area (Å²) >= 11 is 0. The highest BCUT2D eigenvalue weighted by Gasteiger charge is 2.15. The van der Waals surface area contributed by atoms with Crippen molar-refractivity contribution in [2.24, 2.45) is 10.9 Å². The summed E-state index contributed by atoms with van der Waals surface area (Å²) in [7, 11) is 9.07. The van der Waals surface area contributed by atoms with E-state index in [1.165, 1.54) is 0 Å². The highest BCUT2D eigenvalue weighted by molar-refractivity contribution is 5.79. The van der Waals surface area contributed by atoms with Gasteiger partial charge in [-0.3, -0.25) is 0 Å². The predicted octanol–water partition coefficient (Wildman–Crippen LogP) is 2.74. The summed E-state index contributed by atoms with van der Waals surface area (Å²) in [6, 6.07) is 4.30. The number of methoxy groups -OCH3 is 3. The molecule has 0 radical (unpaired) electrons. The maximum Gasteiger partial charge on any atom is 0.203 e. The zero-order valence-corrected chi connectivity index (χ0v) is 18.8. The van der Waals surface area contributed by atoms with Crippen LogP contribution in [0.4, 0.5) is 0 Å². The van der Waals surface area contributed by atoms with E-state index in [1.54, 1.807) is 21.3 Å². The van der Waals surface area contributed by atoms with Gasteiger partial charge in [0.2, 0.25) is 5.75 Å². The topological polar surface area (TPSA) is 67.4 Å². The van der Waals surface area contributed by atoms with Crippen LogP contribution < -0.4 is 24.8 Å². The van der Waals surface area contributed by atoms with Gasteiger partial charge in [-0.05, 0) is 51.1 Å².